The zero-order valence-corrected chi connectivity index (χ0v) is 13.1. The van der Waals surface area contributed by atoms with Crippen LogP contribution in [0.3, 0.4) is 0 Å². The van der Waals surface area contributed by atoms with Gasteiger partial charge in [-0.3, -0.25) is 19.7 Å². The molecule has 1 aromatic rings. The smallest absolute Gasteiger partial charge is 0.306 e. The van der Waals surface area contributed by atoms with E-state index in [9.17, 15) is 19.7 Å². The molecule has 1 aromatic carbocycles. The molecule has 0 saturated heterocycles. The topological polar surface area (TPSA) is 110 Å². The normalized spacial score (nSPS) is 21.0. The van der Waals surface area contributed by atoms with Gasteiger partial charge in [-0.15, -0.1) is 0 Å². The number of hydrogen-bond acceptors (Lipinski definition) is 4. The van der Waals surface area contributed by atoms with E-state index < -0.39 is 22.7 Å². The van der Waals surface area contributed by atoms with Crippen molar-refractivity contribution in [3.05, 3.63) is 37.4 Å². The van der Waals surface area contributed by atoms with E-state index in [1.807, 2.05) is 22.6 Å². The Morgan fingerprint density at radius 1 is 1.38 bits per heavy atom. The van der Waals surface area contributed by atoms with Crippen molar-refractivity contribution in [2.24, 2.45) is 5.92 Å². The van der Waals surface area contributed by atoms with Crippen molar-refractivity contribution in [1.82, 2.24) is 5.32 Å². The summed E-state index contributed by atoms with van der Waals surface area (Å²) in [4.78, 5) is 33.3. The molecular formula is C13H13IN2O5. The van der Waals surface area contributed by atoms with Crippen LogP contribution in [-0.2, 0) is 4.79 Å². The number of rotatable bonds is 4. The van der Waals surface area contributed by atoms with Gasteiger partial charge in [-0.25, -0.2) is 0 Å². The molecule has 0 unspecified atom stereocenters. The molecule has 0 heterocycles. The summed E-state index contributed by atoms with van der Waals surface area (Å²) in [6.07, 6.45) is 1.53. The van der Waals surface area contributed by atoms with Crippen LogP contribution < -0.4 is 5.32 Å². The van der Waals surface area contributed by atoms with Gasteiger partial charge in [0.1, 0.15) is 0 Å². The average Bonchev–Trinajstić information content (AvgIpc) is 2.87. The van der Waals surface area contributed by atoms with Crippen LogP contribution in [-0.4, -0.2) is 27.9 Å². The summed E-state index contributed by atoms with van der Waals surface area (Å²) in [7, 11) is 0. The number of nitrogens with zero attached hydrogens (tertiary/aromatic N) is 1. The Balaban J connectivity index is 2.09. The van der Waals surface area contributed by atoms with Crippen molar-refractivity contribution in [2.75, 3.05) is 0 Å². The van der Waals surface area contributed by atoms with Gasteiger partial charge in [0.15, 0.2) is 0 Å². The molecule has 1 aliphatic carbocycles. The fourth-order valence-electron chi connectivity index (χ4n) is 2.40. The minimum atomic E-state index is -0.850. The van der Waals surface area contributed by atoms with Gasteiger partial charge in [0.2, 0.25) is 0 Å². The maximum absolute atomic E-state index is 12.2. The van der Waals surface area contributed by atoms with Crippen LogP contribution in [0.25, 0.3) is 0 Å². The molecule has 1 saturated carbocycles. The summed E-state index contributed by atoms with van der Waals surface area (Å²) in [6.45, 7) is 0. The standard InChI is InChI=1S/C13H13IN2O5/c14-11-4-3-9(16(20)21)6-10(11)12(17)15-8-2-1-7(5-8)13(18)19/h3-4,6-8H,1-2,5H2,(H,15,17)(H,18,19)/t7-,8+/m1/s1. The number of carboxylic acid groups (broad SMARTS) is 1. The van der Waals surface area contributed by atoms with E-state index >= 15 is 0 Å². The lowest BCUT2D eigenvalue weighted by Crippen LogP contribution is -2.33. The first kappa shape index (κ1) is 15.7. The van der Waals surface area contributed by atoms with Gasteiger partial charge in [-0.1, -0.05) is 0 Å². The molecule has 1 aliphatic rings. The van der Waals surface area contributed by atoms with E-state index in [1.165, 1.54) is 18.2 Å². The lowest BCUT2D eigenvalue weighted by Gasteiger charge is -2.13. The number of nitro benzene ring substituents is 1. The van der Waals surface area contributed by atoms with Crippen LogP contribution in [0.5, 0.6) is 0 Å². The number of amides is 1. The van der Waals surface area contributed by atoms with Crippen molar-refractivity contribution in [3.8, 4) is 0 Å². The molecule has 8 heteroatoms. The highest BCUT2D eigenvalue weighted by atomic mass is 127. The number of benzene rings is 1. The first-order valence-electron chi connectivity index (χ1n) is 6.36. The third kappa shape index (κ3) is 3.69. The second-order valence-electron chi connectivity index (χ2n) is 4.94. The Morgan fingerprint density at radius 2 is 2.10 bits per heavy atom. The number of aliphatic carboxylic acids is 1. The zero-order valence-electron chi connectivity index (χ0n) is 10.9. The second-order valence-corrected chi connectivity index (χ2v) is 6.10. The lowest BCUT2D eigenvalue weighted by molar-refractivity contribution is -0.384. The highest BCUT2D eigenvalue weighted by Gasteiger charge is 2.31. The molecule has 0 aliphatic heterocycles. The number of nitrogens with one attached hydrogen (secondary N) is 1. The minimum Gasteiger partial charge on any atom is -0.481 e. The highest BCUT2D eigenvalue weighted by Crippen LogP contribution is 2.26. The lowest BCUT2D eigenvalue weighted by atomic mass is 10.1. The molecule has 7 nitrogen and oxygen atoms in total. The van der Waals surface area contributed by atoms with Crippen molar-refractivity contribution in [2.45, 2.75) is 25.3 Å². The largest absolute Gasteiger partial charge is 0.481 e. The van der Waals surface area contributed by atoms with Crippen LogP contribution >= 0.6 is 22.6 Å². The predicted molar refractivity (Wildman–Crippen MR) is 82.0 cm³/mol. The predicted octanol–water partition coefficient (Wildman–Crippen LogP) is 2.18. The van der Waals surface area contributed by atoms with Gasteiger partial charge < -0.3 is 10.4 Å². The first-order chi connectivity index (χ1) is 9.88. The Bertz CT molecular complexity index is 604. The number of nitro groups is 1. The fourth-order valence-corrected chi connectivity index (χ4v) is 2.98. The number of carbonyl (C=O) groups is 2. The van der Waals surface area contributed by atoms with Crippen LogP contribution in [0.2, 0.25) is 0 Å². The minimum absolute atomic E-state index is 0.143. The third-order valence-electron chi connectivity index (χ3n) is 3.52. The molecule has 0 bridgehead atoms. The maximum Gasteiger partial charge on any atom is 0.306 e. The highest BCUT2D eigenvalue weighted by molar-refractivity contribution is 14.1. The molecule has 21 heavy (non-hydrogen) atoms. The number of carbonyl (C=O) groups excluding carboxylic acids is 1. The molecule has 2 atom stereocenters. The molecule has 1 fully saturated rings. The summed E-state index contributed by atoms with van der Waals surface area (Å²) < 4.78 is 0.614. The Kier molecular flexibility index (Phi) is 4.76. The van der Waals surface area contributed by atoms with E-state index in [2.05, 4.69) is 5.32 Å². The van der Waals surface area contributed by atoms with Crippen molar-refractivity contribution in [1.29, 1.82) is 0 Å². The van der Waals surface area contributed by atoms with Gasteiger partial charge in [0.05, 0.1) is 16.4 Å². The SMILES string of the molecule is O=C(N[C@H]1CC[C@@H](C(=O)O)C1)c1cc([N+](=O)[O-])ccc1I. The maximum atomic E-state index is 12.2. The molecular weight excluding hydrogens is 391 g/mol. The second kappa shape index (κ2) is 6.37. The van der Waals surface area contributed by atoms with E-state index in [0.717, 1.165) is 0 Å². The van der Waals surface area contributed by atoms with Crippen LogP contribution in [0, 0.1) is 19.6 Å². The summed E-state index contributed by atoms with van der Waals surface area (Å²) in [6, 6.07) is 3.89. The van der Waals surface area contributed by atoms with Crippen LogP contribution in [0.4, 0.5) is 5.69 Å². The Hall–Kier alpha value is -1.71. The van der Waals surface area contributed by atoms with E-state index in [4.69, 9.17) is 5.11 Å². The Morgan fingerprint density at radius 3 is 2.67 bits per heavy atom. The van der Waals surface area contributed by atoms with Gasteiger partial charge in [-0.05, 0) is 47.9 Å². The van der Waals surface area contributed by atoms with E-state index in [-0.39, 0.29) is 17.3 Å². The third-order valence-corrected chi connectivity index (χ3v) is 4.46. The van der Waals surface area contributed by atoms with Crippen molar-refractivity contribution >= 4 is 40.2 Å². The first-order valence-corrected chi connectivity index (χ1v) is 7.44. The van der Waals surface area contributed by atoms with Gasteiger partial charge in [-0.2, -0.15) is 0 Å². The molecule has 0 spiro atoms. The summed E-state index contributed by atoms with van der Waals surface area (Å²) in [5.74, 6) is -1.68. The van der Waals surface area contributed by atoms with Crippen molar-refractivity contribution in [3.63, 3.8) is 0 Å². The number of carboxylic acids is 1. The average molecular weight is 404 g/mol. The molecule has 1 amide bonds. The van der Waals surface area contributed by atoms with Crippen molar-refractivity contribution < 1.29 is 19.6 Å². The number of halogens is 1. The van der Waals surface area contributed by atoms with Gasteiger partial charge in [0, 0.05) is 21.7 Å². The van der Waals surface area contributed by atoms with Crippen LogP contribution in [0.1, 0.15) is 29.6 Å². The molecule has 0 radical (unpaired) electrons. The zero-order chi connectivity index (χ0) is 15.6. The van der Waals surface area contributed by atoms with E-state index in [0.29, 0.717) is 22.8 Å². The van der Waals surface area contributed by atoms with E-state index in [1.54, 1.807) is 0 Å². The molecule has 0 aromatic heterocycles. The number of hydrogen-bond donors (Lipinski definition) is 2. The van der Waals surface area contributed by atoms with Gasteiger partial charge in [0.25, 0.3) is 11.6 Å². The molecule has 2 rings (SSSR count). The van der Waals surface area contributed by atoms with Crippen LogP contribution in [0.15, 0.2) is 18.2 Å². The summed E-state index contributed by atoms with van der Waals surface area (Å²) in [5.41, 5.74) is 0.0963. The molecule has 112 valence electrons. The number of non-ortho nitro benzene ring substituents is 1. The summed E-state index contributed by atoms with van der Waals surface area (Å²) in [5, 5.41) is 22.4. The fraction of sp³-hybridized carbons (Fsp3) is 0.385. The monoisotopic (exact) mass is 404 g/mol. The quantitative estimate of drug-likeness (QED) is 0.454. The Labute approximate surface area is 134 Å². The van der Waals surface area contributed by atoms with Gasteiger partial charge >= 0.3 is 5.97 Å². The molecule has 2 N–H and O–H groups in total. The summed E-state index contributed by atoms with van der Waals surface area (Å²) >= 11 is 1.94.